The van der Waals surface area contributed by atoms with Gasteiger partial charge in [-0.15, -0.1) is 0 Å². The number of carbonyl (C=O) groups excluding carboxylic acids is 1. The second-order valence-corrected chi connectivity index (χ2v) is 9.44. The molecule has 0 radical (unpaired) electrons. The van der Waals surface area contributed by atoms with Crippen LogP contribution < -0.4 is 22.1 Å². The highest BCUT2D eigenvalue weighted by atomic mass is 16.2. The van der Waals surface area contributed by atoms with E-state index in [9.17, 15) is 9.59 Å². The molecule has 9 nitrogen and oxygen atoms in total. The predicted octanol–water partition coefficient (Wildman–Crippen LogP) is 2.15. The van der Waals surface area contributed by atoms with Gasteiger partial charge in [0.1, 0.15) is 5.82 Å². The fraction of sp³-hybridized carbons (Fsp3) is 0.560. The van der Waals surface area contributed by atoms with Crippen molar-refractivity contribution in [1.82, 2.24) is 24.7 Å². The molecule has 2 aliphatic rings. The van der Waals surface area contributed by atoms with Crippen molar-refractivity contribution in [3.05, 3.63) is 52.6 Å². The summed E-state index contributed by atoms with van der Waals surface area (Å²) in [7, 11) is 0. The van der Waals surface area contributed by atoms with E-state index in [0.29, 0.717) is 18.6 Å². The number of amides is 2. The second-order valence-electron chi connectivity index (χ2n) is 9.44. The molecule has 0 unspecified atom stereocenters. The predicted molar refractivity (Wildman–Crippen MR) is 134 cm³/mol. The molecule has 184 valence electrons. The van der Waals surface area contributed by atoms with Gasteiger partial charge in [-0.05, 0) is 62.9 Å². The summed E-state index contributed by atoms with van der Waals surface area (Å²) < 4.78 is 1.49. The normalized spacial score (nSPS) is 23.2. The van der Waals surface area contributed by atoms with Crippen molar-refractivity contribution < 1.29 is 4.79 Å². The zero-order valence-electron chi connectivity index (χ0n) is 20.2. The summed E-state index contributed by atoms with van der Waals surface area (Å²) in [5.41, 5.74) is 7.62. The fourth-order valence-electron chi connectivity index (χ4n) is 4.96. The maximum atomic E-state index is 12.7. The van der Waals surface area contributed by atoms with Gasteiger partial charge >= 0.3 is 11.7 Å². The Labute approximate surface area is 201 Å². The Kier molecular flexibility index (Phi) is 7.97. The van der Waals surface area contributed by atoms with Crippen LogP contribution in [0.4, 0.5) is 10.6 Å². The van der Waals surface area contributed by atoms with Gasteiger partial charge in [0, 0.05) is 50.5 Å². The lowest BCUT2D eigenvalue weighted by Crippen LogP contribution is -2.53. The lowest BCUT2D eigenvalue weighted by atomic mass is 9.90. The number of piperazine rings is 1. The first-order chi connectivity index (χ1) is 16.4. The molecule has 2 amide bonds. The summed E-state index contributed by atoms with van der Waals surface area (Å²) in [6.45, 7) is 8.23. The van der Waals surface area contributed by atoms with Gasteiger partial charge in [-0.25, -0.2) is 9.59 Å². The zero-order valence-corrected chi connectivity index (χ0v) is 20.2. The van der Waals surface area contributed by atoms with Crippen molar-refractivity contribution >= 4 is 11.8 Å². The average molecular weight is 468 g/mol. The largest absolute Gasteiger partial charge is 0.354 e. The van der Waals surface area contributed by atoms with Crippen LogP contribution in [0.2, 0.25) is 0 Å². The first-order valence-electron chi connectivity index (χ1n) is 12.4. The molecule has 1 aromatic heterocycles. The number of anilines is 1. The number of nitrogens with zero attached hydrogens (tertiary/aromatic N) is 4. The third-order valence-corrected chi connectivity index (χ3v) is 7.06. The molecular formula is C25H37N7O2. The van der Waals surface area contributed by atoms with Gasteiger partial charge in [-0.3, -0.25) is 14.8 Å². The zero-order chi connectivity index (χ0) is 24.1. The van der Waals surface area contributed by atoms with Crippen LogP contribution in [0, 0.1) is 0 Å². The summed E-state index contributed by atoms with van der Waals surface area (Å²) in [5, 5.41) is 6.01. The quantitative estimate of drug-likeness (QED) is 0.601. The molecule has 4 rings (SSSR count). The summed E-state index contributed by atoms with van der Waals surface area (Å²) in [6, 6.07) is 10.5. The molecule has 1 saturated heterocycles. The van der Waals surface area contributed by atoms with Crippen LogP contribution in [0.3, 0.4) is 0 Å². The molecular weight excluding hydrogens is 430 g/mol. The van der Waals surface area contributed by atoms with Crippen LogP contribution in [0.25, 0.3) is 5.69 Å². The van der Waals surface area contributed by atoms with Gasteiger partial charge in [0.25, 0.3) is 0 Å². The van der Waals surface area contributed by atoms with Gasteiger partial charge in [0.15, 0.2) is 0 Å². The van der Waals surface area contributed by atoms with Gasteiger partial charge < -0.3 is 16.0 Å². The Hall–Kier alpha value is -2.75. The van der Waals surface area contributed by atoms with E-state index < -0.39 is 5.69 Å². The number of hydrogen-bond donors (Lipinski definition) is 3. The highest BCUT2D eigenvalue weighted by molar-refractivity contribution is 5.88. The van der Waals surface area contributed by atoms with E-state index in [-0.39, 0.29) is 17.9 Å². The molecule has 1 aliphatic heterocycles. The minimum Gasteiger partial charge on any atom is -0.328 e. The second kappa shape index (κ2) is 11.1. The number of urea groups is 1. The maximum absolute atomic E-state index is 12.7. The van der Waals surface area contributed by atoms with Gasteiger partial charge in [-0.1, -0.05) is 19.1 Å². The molecule has 4 N–H and O–H groups in total. The molecule has 34 heavy (non-hydrogen) atoms. The Morgan fingerprint density at radius 2 is 1.94 bits per heavy atom. The summed E-state index contributed by atoms with van der Waals surface area (Å²) in [4.78, 5) is 33.6. The number of aromatic nitrogens is 2. The first kappa shape index (κ1) is 24.4. The third kappa shape index (κ3) is 5.84. The Morgan fingerprint density at radius 3 is 2.59 bits per heavy atom. The number of nitrogens with two attached hydrogens (primary N) is 1. The van der Waals surface area contributed by atoms with Gasteiger partial charge in [-0.2, -0.15) is 4.98 Å². The summed E-state index contributed by atoms with van der Waals surface area (Å²) in [6.07, 6.45) is 6.17. The molecule has 2 fully saturated rings. The number of hydrogen-bond acceptors (Lipinski definition) is 6. The van der Waals surface area contributed by atoms with Crippen LogP contribution >= 0.6 is 0 Å². The topological polar surface area (TPSA) is 109 Å². The molecule has 0 spiro atoms. The van der Waals surface area contributed by atoms with Crippen molar-refractivity contribution in [2.24, 2.45) is 5.73 Å². The first-order valence-corrected chi connectivity index (χ1v) is 12.4. The van der Waals surface area contributed by atoms with Crippen molar-refractivity contribution in [3.8, 4) is 5.69 Å². The molecule has 1 aliphatic carbocycles. The molecule has 9 heteroatoms. The Balaban J connectivity index is 1.39. The monoisotopic (exact) mass is 467 g/mol. The average Bonchev–Trinajstić information content (AvgIpc) is 2.84. The van der Waals surface area contributed by atoms with Crippen LogP contribution in [-0.2, 0) is 6.54 Å². The summed E-state index contributed by atoms with van der Waals surface area (Å²) in [5.74, 6) is 0.263. The van der Waals surface area contributed by atoms with E-state index in [4.69, 9.17) is 5.73 Å². The van der Waals surface area contributed by atoms with Crippen LogP contribution in [0.5, 0.6) is 0 Å². The van der Waals surface area contributed by atoms with E-state index in [2.05, 4.69) is 39.6 Å². The standard InChI is InChI=1S/C25H37N7O2/c1-3-30(21-10-6-20(26)7-11-21)17-19-4-8-22(9-5-19)32-14-12-23(29-25(32)34)28-24(33)31-15-13-27-16-18(31)2/h4-5,8-9,12,14,18,20-21,27H,3,6-7,10-11,13,15-17,26H2,1-2H3,(H,28,29,33,34)/t18-,20?,21?/m1/s1. The molecule has 2 aromatic rings. The van der Waals surface area contributed by atoms with Crippen LogP contribution in [0.15, 0.2) is 41.3 Å². The number of rotatable bonds is 6. The lowest BCUT2D eigenvalue weighted by Gasteiger charge is -2.35. The van der Waals surface area contributed by atoms with Gasteiger partial charge in [0.2, 0.25) is 0 Å². The summed E-state index contributed by atoms with van der Waals surface area (Å²) >= 11 is 0. The van der Waals surface area contributed by atoms with Crippen molar-refractivity contribution in [2.75, 3.05) is 31.5 Å². The van der Waals surface area contributed by atoms with E-state index in [1.807, 2.05) is 19.1 Å². The van der Waals surface area contributed by atoms with Gasteiger partial charge in [0.05, 0.1) is 5.69 Å². The van der Waals surface area contributed by atoms with E-state index in [1.165, 1.54) is 10.1 Å². The number of benzene rings is 1. The number of carbonyl (C=O) groups is 1. The molecule has 1 saturated carbocycles. The maximum Gasteiger partial charge on any atom is 0.354 e. The van der Waals surface area contributed by atoms with E-state index in [1.54, 1.807) is 17.2 Å². The highest BCUT2D eigenvalue weighted by Gasteiger charge is 2.24. The van der Waals surface area contributed by atoms with Crippen LogP contribution in [0.1, 0.15) is 45.1 Å². The fourth-order valence-corrected chi connectivity index (χ4v) is 4.96. The van der Waals surface area contributed by atoms with Crippen molar-refractivity contribution in [1.29, 1.82) is 0 Å². The third-order valence-electron chi connectivity index (χ3n) is 7.06. The van der Waals surface area contributed by atoms with Crippen molar-refractivity contribution in [2.45, 2.75) is 64.2 Å². The molecule has 0 bridgehead atoms. The Morgan fingerprint density at radius 1 is 1.21 bits per heavy atom. The van der Waals surface area contributed by atoms with E-state index >= 15 is 0 Å². The molecule has 1 aromatic carbocycles. The number of nitrogens with one attached hydrogen (secondary N) is 2. The molecule has 2 heterocycles. The van der Waals surface area contributed by atoms with Crippen molar-refractivity contribution in [3.63, 3.8) is 0 Å². The highest BCUT2D eigenvalue weighted by Crippen LogP contribution is 2.23. The van der Waals surface area contributed by atoms with Crippen LogP contribution in [-0.4, -0.2) is 69.7 Å². The minimum absolute atomic E-state index is 0.0898. The lowest BCUT2D eigenvalue weighted by molar-refractivity contribution is 0.149. The smallest absolute Gasteiger partial charge is 0.328 e. The van der Waals surface area contributed by atoms with E-state index in [0.717, 1.165) is 57.5 Å². The Bertz CT molecular complexity index is 1010. The molecule has 1 atom stereocenters. The minimum atomic E-state index is -0.423. The SMILES string of the molecule is CCN(Cc1ccc(-n2ccc(NC(=O)N3CCNC[C@H]3C)nc2=O)cc1)C1CCC(N)CC1.